The average molecular weight is 681 g/mol. The molecule has 7 N–H and O–H groups in total. The molecule has 0 bridgehead atoms. The summed E-state index contributed by atoms with van der Waals surface area (Å²) >= 11 is 0. The molecule has 49 heavy (non-hydrogen) atoms. The van der Waals surface area contributed by atoms with Crippen LogP contribution in [0.25, 0.3) is 11.1 Å². The zero-order valence-electron chi connectivity index (χ0n) is 27.2. The standard InChI is InChI=1S/C35H40N2O12/c1-16(2)9-10-36-15-46-22-8-7-19-21-13-45-31-24(28(21)47-29(19)30(22)44-3)20(17-5-4-6-18(38)11-17)12-23-25(31)37-14-35(48-23)33(41)27(40)26(39)32(49-35)34(42)43/h4-8,11-12,16,21,26-28,32-33,36-41H,9-10,13-15H2,1-3H3,(H,42,43). The van der Waals surface area contributed by atoms with Gasteiger partial charge in [0.25, 0.3) is 5.79 Å². The van der Waals surface area contributed by atoms with E-state index in [1.807, 2.05) is 12.1 Å². The molecule has 0 aliphatic carbocycles. The van der Waals surface area contributed by atoms with E-state index in [0.29, 0.717) is 58.0 Å². The molecule has 1 saturated heterocycles. The molecular weight excluding hydrogens is 640 g/mol. The number of aromatic hydroxyl groups is 1. The number of carboxylic acids is 1. The molecule has 4 aliphatic rings. The second-order valence-corrected chi connectivity index (χ2v) is 13.1. The number of rotatable bonds is 9. The Bertz CT molecular complexity index is 1750. The third kappa shape index (κ3) is 5.63. The summed E-state index contributed by atoms with van der Waals surface area (Å²) in [6, 6.07) is 12.1. The summed E-state index contributed by atoms with van der Waals surface area (Å²) in [7, 11) is 1.56. The number of anilines is 1. The van der Waals surface area contributed by atoms with Crippen molar-refractivity contribution in [2.75, 3.05) is 38.9 Å². The second kappa shape index (κ2) is 12.8. The first kappa shape index (κ1) is 33.0. The Morgan fingerprint density at radius 3 is 2.67 bits per heavy atom. The van der Waals surface area contributed by atoms with Crippen LogP contribution in [0.4, 0.5) is 5.69 Å². The average Bonchev–Trinajstić information content (AvgIpc) is 3.47. The van der Waals surface area contributed by atoms with E-state index in [2.05, 4.69) is 24.5 Å². The SMILES string of the molecule is COc1c(OCNCCC(C)C)ccc2c1OC1c3c(-c4cccc(O)c4)cc4c(c3OCC21)NCC1(O4)OC(C(=O)O)C(O)C(O)C1O. The van der Waals surface area contributed by atoms with E-state index in [1.54, 1.807) is 31.4 Å². The van der Waals surface area contributed by atoms with Crippen molar-refractivity contribution in [2.24, 2.45) is 5.92 Å². The molecule has 1 fully saturated rings. The number of carbonyl (C=O) groups is 1. The van der Waals surface area contributed by atoms with Crippen molar-refractivity contribution < 1.29 is 58.7 Å². The summed E-state index contributed by atoms with van der Waals surface area (Å²) in [5, 5.41) is 58.4. The first-order chi connectivity index (χ1) is 23.5. The van der Waals surface area contributed by atoms with Crippen molar-refractivity contribution in [3.8, 4) is 45.6 Å². The highest BCUT2D eigenvalue weighted by Crippen LogP contribution is 2.61. The van der Waals surface area contributed by atoms with Crippen LogP contribution < -0.4 is 34.3 Å². The molecule has 4 aliphatic heterocycles. The predicted molar refractivity (Wildman–Crippen MR) is 173 cm³/mol. The number of phenols is 1. The van der Waals surface area contributed by atoms with Gasteiger partial charge in [0.15, 0.2) is 29.1 Å². The third-order valence-electron chi connectivity index (χ3n) is 9.48. The maximum Gasteiger partial charge on any atom is 0.335 e. The van der Waals surface area contributed by atoms with Gasteiger partial charge in [-0.3, -0.25) is 5.32 Å². The van der Waals surface area contributed by atoms with Gasteiger partial charge in [-0.25, -0.2) is 4.79 Å². The van der Waals surface area contributed by atoms with Crippen LogP contribution in [0.2, 0.25) is 0 Å². The van der Waals surface area contributed by atoms with Gasteiger partial charge in [0.05, 0.1) is 26.2 Å². The van der Waals surface area contributed by atoms with Gasteiger partial charge in [0, 0.05) is 11.1 Å². The number of aliphatic hydroxyl groups is 3. The van der Waals surface area contributed by atoms with Gasteiger partial charge < -0.3 is 59.3 Å². The minimum atomic E-state index is -2.07. The van der Waals surface area contributed by atoms with Gasteiger partial charge in [0.1, 0.15) is 42.6 Å². The molecule has 14 heteroatoms. The highest BCUT2D eigenvalue weighted by Gasteiger charge is 2.59. The maximum absolute atomic E-state index is 11.9. The molecule has 0 amide bonds. The van der Waals surface area contributed by atoms with Gasteiger partial charge in [0.2, 0.25) is 5.75 Å². The largest absolute Gasteiger partial charge is 0.508 e. The van der Waals surface area contributed by atoms with Crippen molar-refractivity contribution in [3.63, 3.8) is 0 Å². The molecule has 0 radical (unpaired) electrons. The Balaban J connectivity index is 1.27. The zero-order valence-corrected chi connectivity index (χ0v) is 27.2. The fourth-order valence-electron chi connectivity index (χ4n) is 6.94. The Hall–Kier alpha value is -4.47. The Kier molecular flexibility index (Phi) is 8.61. The van der Waals surface area contributed by atoms with Crippen molar-refractivity contribution in [3.05, 3.63) is 53.6 Å². The quantitative estimate of drug-likeness (QED) is 0.129. The number of aliphatic hydroxyl groups excluding tert-OH is 3. The van der Waals surface area contributed by atoms with Crippen LogP contribution in [-0.2, 0) is 9.53 Å². The fourth-order valence-corrected chi connectivity index (χ4v) is 6.94. The minimum Gasteiger partial charge on any atom is -0.508 e. The number of benzene rings is 3. The first-order valence-electron chi connectivity index (χ1n) is 16.2. The van der Waals surface area contributed by atoms with E-state index in [-0.39, 0.29) is 30.6 Å². The van der Waals surface area contributed by atoms with Gasteiger partial charge >= 0.3 is 5.97 Å². The monoisotopic (exact) mass is 680 g/mol. The number of methoxy groups -OCH3 is 1. The van der Waals surface area contributed by atoms with Crippen molar-refractivity contribution in [2.45, 2.75) is 62.5 Å². The number of hydrogen-bond acceptors (Lipinski definition) is 13. The summed E-state index contributed by atoms with van der Waals surface area (Å²) in [5.74, 6) is -1.22. The van der Waals surface area contributed by atoms with Gasteiger partial charge in [-0.05, 0) is 54.3 Å². The van der Waals surface area contributed by atoms with E-state index < -0.39 is 42.3 Å². The van der Waals surface area contributed by atoms with Crippen molar-refractivity contribution in [1.29, 1.82) is 0 Å². The maximum atomic E-state index is 11.9. The number of phenolic OH excluding ortho intramolecular Hbond substituents is 1. The van der Waals surface area contributed by atoms with Crippen LogP contribution in [0.15, 0.2) is 42.5 Å². The lowest BCUT2D eigenvalue weighted by Crippen LogP contribution is -2.71. The molecule has 7 atom stereocenters. The Morgan fingerprint density at radius 2 is 1.94 bits per heavy atom. The number of carboxylic acid groups (broad SMARTS) is 1. The van der Waals surface area contributed by atoms with E-state index in [1.165, 1.54) is 6.07 Å². The van der Waals surface area contributed by atoms with Gasteiger partial charge in [-0.2, -0.15) is 0 Å². The highest BCUT2D eigenvalue weighted by atomic mass is 16.7. The Morgan fingerprint density at radius 1 is 1.12 bits per heavy atom. The Labute approximate surface area is 282 Å². The topological polar surface area (TPSA) is 198 Å². The van der Waals surface area contributed by atoms with E-state index in [4.69, 9.17) is 28.4 Å². The summed E-state index contributed by atoms with van der Waals surface area (Å²) in [5.41, 5.74) is 3.10. The lowest BCUT2D eigenvalue weighted by atomic mass is 9.84. The molecule has 0 saturated carbocycles. The number of aliphatic carboxylic acids is 1. The zero-order chi connectivity index (χ0) is 34.6. The molecular formula is C35H40N2O12. The van der Waals surface area contributed by atoms with Gasteiger partial charge in [-0.15, -0.1) is 0 Å². The van der Waals surface area contributed by atoms with E-state index >= 15 is 0 Å². The normalized spacial score (nSPS) is 27.8. The van der Waals surface area contributed by atoms with Crippen molar-refractivity contribution >= 4 is 11.7 Å². The molecule has 0 aromatic heterocycles. The summed E-state index contributed by atoms with van der Waals surface area (Å²) in [6.45, 7) is 5.37. The van der Waals surface area contributed by atoms with Crippen LogP contribution in [0.1, 0.15) is 43.4 Å². The predicted octanol–water partition coefficient (Wildman–Crippen LogP) is 2.72. The highest BCUT2D eigenvalue weighted by molar-refractivity contribution is 5.84. The van der Waals surface area contributed by atoms with Crippen LogP contribution >= 0.6 is 0 Å². The summed E-state index contributed by atoms with van der Waals surface area (Å²) in [6.07, 6.45) is -6.98. The molecule has 7 rings (SSSR count). The van der Waals surface area contributed by atoms with E-state index in [9.17, 15) is 30.3 Å². The molecule has 3 aromatic carbocycles. The van der Waals surface area contributed by atoms with Crippen molar-refractivity contribution in [1.82, 2.24) is 5.32 Å². The molecule has 4 heterocycles. The van der Waals surface area contributed by atoms with Crippen LogP contribution in [0.3, 0.4) is 0 Å². The second-order valence-electron chi connectivity index (χ2n) is 13.1. The summed E-state index contributed by atoms with van der Waals surface area (Å²) < 4.78 is 36.9. The van der Waals surface area contributed by atoms with Crippen LogP contribution in [-0.4, -0.2) is 95.2 Å². The minimum absolute atomic E-state index is 0.0151. The number of hydrogen-bond donors (Lipinski definition) is 7. The summed E-state index contributed by atoms with van der Waals surface area (Å²) in [4.78, 5) is 11.9. The van der Waals surface area contributed by atoms with Gasteiger partial charge in [-0.1, -0.05) is 32.0 Å². The van der Waals surface area contributed by atoms with E-state index in [0.717, 1.165) is 18.5 Å². The third-order valence-corrected chi connectivity index (χ3v) is 9.48. The lowest BCUT2D eigenvalue weighted by Gasteiger charge is -2.49. The number of ether oxygens (including phenoxy) is 6. The van der Waals surface area contributed by atoms with Crippen LogP contribution in [0.5, 0.6) is 34.5 Å². The molecule has 7 unspecified atom stereocenters. The number of nitrogens with one attached hydrogen (secondary N) is 2. The smallest absolute Gasteiger partial charge is 0.335 e. The number of fused-ring (bicyclic) bond motifs is 7. The molecule has 1 spiro atoms. The lowest BCUT2D eigenvalue weighted by molar-refractivity contribution is -0.325. The van der Waals surface area contributed by atoms with Crippen LogP contribution in [0, 0.1) is 5.92 Å². The molecule has 262 valence electrons. The fraction of sp³-hybridized carbons (Fsp3) is 0.457. The molecule has 14 nitrogen and oxygen atoms in total. The molecule has 3 aromatic rings. The first-order valence-corrected chi connectivity index (χ1v) is 16.2.